The summed E-state index contributed by atoms with van der Waals surface area (Å²) >= 11 is 0. The van der Waals surface area contributed by atoms with E-state index in [0.29, 0.717) is 17.8 Å². The summed E-state index contributed by atoms with van der Waals surface area (Å²) in [6, 6.07) is 5.28. The Bertz CT molecular complexity index is 618. The number of benzene rings is 1. The predicted octanol–water partition coefficient (Wildman–Crippen LogP) is 1.32. The first-order valence-corrected chi connectivity index (χ1v) is 6.30. The van der Waals surface area contributed by atoms with Crippen molar-refractivity contribution in [3.63, 3.8) is 0 Å². The van der Waals surface area contributed by atoms with E-state index in [1.807, 2.05) is 19.3 Å². The van der Waals surface area contributed by atoms with Gasteiger partial charge in [0.15, 0.2) is 0 Å². The number of nitrogen functional groups attached to an aromatic ring is 1. The van der Waals surface area contributed by atoms with Crippen LogP contribution in [0.15, 0.2) is 30.6 Å². The minimum Gasteiger partial charge on any atom is -0.397 e. The highest BCUT2D eigenvalue weighted by Gasteiger charge is 2.09. The molecule has 20 heavy (non-hydrogen) atoms. The predicted molar refractivity (Wildman–Crippen MR) is 79.4 cm³/mol. The number of aryl methyl sites for hydroxylation is 1. The van der Waals surface area contributed by atoms with Crippen LogP contribution in [0.5, 0.6) is 0 Å². The highest BCUT2D eigenvalue weighted by atomic mass is 16.2. The molecule has 0 unspecified atom stereocenters. The highest BCUT2D eigenvalue weighted by Crippen LogP contribution is 2.21. The molecule has 0 saturated carbocycles. The molecule has 0 saturated heterocycles. The Labute approximate surface area is 118 Å². The van der Waals surface area contributed by atoms with E-state index in [1.54, 1.807) is 37.1 Å². The van der Waals surface area contributed by atoms with Gasteiger partial charge in [-0.25, -0.2) is 0 Å². The lowest BCUT2D eigenvalue weighted by atomic mass is 10.1. The summed E-state index contributed by atoms with van der Waals surface area (Å²) in [5.74, 6) is -0.0597. The maximum absolute atomic E-state index is 11.8. The van der Waals surface area contributed by atoms with Gasteiger partial charge in [-0.05, 0) is 18.2 Å². The van der Waals surface area contributed by atoms with Crippen LogP contribution in [-0.4, -0.2) is 34.7 Å². The second kappa shape index (κ2) is 5.64. The lowest BCUT2D eigenvalue weighted by Gasteiger charge is -2.13. The molecule has 0 fully saturated rings. The Balaban J connectivity index is 2.08. The van der Waals surface area contributed by atoms with Crippen LogP contribution in [0, 0.1) is 0 Å². The summed E-state index contributed by atoms with van der Waals surface area (Å²) in [7, 11) is 5.31. The lowest BCUT2D eigenvalue weighted by Crippen LogP contribution is -2.21. The van der Waals surface area contributed by atoms with Gasteiger partial charge in [-0.2, -0.15) is 5.10 Å². The summed E-state index contributed by atoms with van der Waals surface area (Å²) < 4.78 is 1.75. The van der Waals surface area contributed by atoms with E-state index in [4.69, 9.17) is 5.73 Å². The molecule has 1 amide bonds. The first-order chi connectivity index (χ1) is 9.47. The second-order valence-electron chi connectivity index (χ2n) is 4.88. The molecule has 2 aromatic rings. The molecule has 0 aliphatic carbocycles. The van der Waals surface area contributed by atoms with E-state index in [2.05, 4.69) is 10.4 Å². The van der Waals surface area contributed by atoms with Gasteiger partial charge in [0.1, 0.15) is 0 Å². The number of rotatable bonds is 4. The van der Waals surface area contributed by atoms with Crippen molar-refractivity contribution in [3.8, 4) is 0 Å². The molecule has 1 heterocycles. The van der Waals surface area contributed by atoms with Gasteiger partial charge in [0.05, 0.1) is 17.6 Å². The number of hydrogen-bond acceptors (Lipinski definition) is 4. The SMILES string of the molecule is CN(C)C(=O)c1ccc(NCc2cnn(C)c2)c(N)c1. The van der Waals surface area contributed by atoms with E-state index in [1.165, 1.54) is 4.90 Å². The molecule has 0 atom stereocenters. The van der Waals surface area contributed by atoms with E-state index in [-0.39, 0.29) is 5.91 Å². The first-order valence-electron chi connectivity index (χ1n) is 6.30. The van der Waals surface area contributed by atoms with Crippen molar-refractivity contribution < 1.29 is 4.79 Å². The summed E-state index contributed by atoms with van der Waals surface area (Å²) in [6.07, 6.45) is 3.74. The van der Waals surface area contributed by atoms with Gasteiger partial charge >= 0.3 is 0 Å². The van der Waals surface area contributed by atoms with Crippen LogP contribution in [0.25, 0.3) is 0 Å². The van der Waals surface area contributed by atoms with Crippen LogP contribution in [0.3, 0.4) is 0 Å². The smallest absolute Gasteiger partial charge is 0.253 e. The Morgan fingerprint density at radius 3 is 2.75 bits per heavy atom. The lowest BCUT2D eigenvalue weighted by molar-refractivity contribution is 0.0827. The topological polar surface area (TPSA) is 76.2 Å². The van der Waals surface area contributed by atoms with Gasteiger partial charge in [0.2, 0.25) is 0 Å². The molecule has 6 nitrogen and oxygen atoms in total. The third-order valence-corrected chi connectivity index (χ3v) is 2.95. The molecular weight excluding hydrogens is 254 g/mol. The zero-order valence-electron chi connectivity index (χ0n) is 11.9. The Morgan fingerprint density at radius 1 is 1.45 bits per heavy atom. The molecule has 2 rings (SSSR count). The van der Waals surface area contributed by atoms with Crippen molar-refractivity contribution >= 4 is 17.3 Å². The number of amides is 1. The molecule has 3 N–H and O–H groups in total. The van der Waals surface area contributed by atoms with Crippen LogP contribution in [0.2, 0.25) is 0 Å². The van der Waals surface area contributed by atoms with Crippen molar-refractivity contribution in [2.24, 2.45) is 7.05 Å². The van der Waals surface area contributed by atoms with E-state index in [9.17, 15) is 4.79 Å². The third kappa shape index (κ3) is 3.09. The molecule has 0 aliphatic rings. The van der Waals surface area contributed by atoms with Crippen molar-refractivity contribution in [2.45, 2.75) is 6.54 Å². The number of nitrogens with two attached hydrogens (primary N) is 1. The standard InChI is InChI=1S/C14H19N5O/c1-18(2)14(20)11-4-5-13(12(15)6-11)16-7-10-8-17-19(3)9-10/h4-6,8-9,16H,7,15H2,1-3H3. The monoisotopic (exact) mass is 273 g/mol. The molecule has 6 heteroatoms. The molecule has 106 valence electrons. The number of aromatic nitrogens is 2. The van der Waals surface area contributed by atoms with Gasteiger partial charge in [0, 0.05) is 45.0 Å². The number of nitrogens with one attached hydrogen (secondary N) is 1. The zero-order valence-corrected chi connectivity index (χ0v) is 11.9. The minimum absolute atomic E-state index is 0.0597. The number of anilines is 2. The van der Waals surface area contributed by atoms with E-state index < -0.39 is 0 Å². The summed E-state index contributed by atoms with van der Waals surface area (Å²) in [4.78, 5) is 13.4. The van der Waals surface area contributed by atoms with Crippen LogP contribution < -0.4 is 11.1 Å². The molecular formula is C14H19N5O. The molecule has 1 aromatic heterocycles. The van der Waals surface area contributed by atoms with Gasteiger partial charge in [-0.1, -0.05) is 0 Å². The zero-order chi connectivity index (χ0) is 14.7. The maximum Gasteiger partial charge on any atom is 0.253 e. The average molecular weight is 273 g/mol. The molecule has 0 spiro atoms. The molecule has 0 aliphatic heterocycles. The maximum atomic E-state index is 11.8. The third-order valence-electron chi connectivity index (χ3n) is 2.95. The number of nitrogens with zero attached hydrogens (tertiary/aromatic N) is 3. The fourth-order valence-electron chi connectivity index (χ4n) is 1.88. The fraction of sp³-hybridized carbons (Fsp3) is 0.286. The molecule has 0 radical (unpaired) electrons. The van der Waals surface area contributed by atoms with Crippen molar-refractivity contribution in [1.29, 1.82) is 0 Å². The fourth-order valence-corrected chi connectivity index (χ4v) is 1.88. The summed E-state index contributed by atoms with van der Waals surface area (Å²) in [5, 5.41) is 7.34. The average Bonchev–Trinajstić information content (AvgIpc) is 2.82. The number of hydrogen-bond donors (Lipinski definition) is 2. The van der Waals surface area contributed by atoms with Gasteiger partial charge in [-0.3, -0.25) is 9.48 Å². The normalized spacial score (nSPS) is 10.3. The van der Waals surface area contributed by atoms with Gasteiger partial charge in [0.25, 0.3) is 5.91 Å². The Hall–Kier alpha value is -2.50. The highest BCUT2D eigenvalue weighted by molar-refractivity contribution is 5.95. The number of carbonyl (C=O) groups is 1. The Morgan fingerprint density at radius 2 is 2.20 bits per heavy atom. The molecule has 0 bridgehead atoms. The van der Waals surface area contributed by atoms with Crippen molar-refractivity contribution in [1.82, 2.24) is 14.7 Å². The molecule has 1 aromatic carbocycles. The van der Waals surface area contributed by atoms with Gasteiger partial charge in [-0.15, -0.1) is 0 Å². The van der Waals surface area contributed by atoms with Crippen molar-refractivity contribution in [3.05, 3.63) is 41.7 Å². The summed E-state index contributed by atoms with van der Waals surface area (Å²) in [6.45, 7) is 0.638. The number of carbonyl (C=O) groups excluding carboxylic acids is 1. The van der Waals surface area contributed by atoms with Crippen LogP contribution >= 0.6 is 0 Å². The van der Waals surface area contributed by atoms with Crippen LogP contribution in [0.4, 0.5) is 11.4 Å². The van der Waals surface area contributed by atoms with Gasteiger partial charge < -0.3 is 16.0 Å². The van der Waals surface area contributed by atoms with Crippen LogP contribution in [0.1, 0.15) is 15.9 Å². The van der Waals surface area contributed by atoms with E-state index >= 15 is 0 Å². The largest absolute Gasteiger partial charge is 0.397 e. The first kappa shape index (κ1) is 13.9. The Kier molecular flexibility index (Phi) is 3.93. The minimum atomic E-state index is -0.0597. The van der Waals surface area contributed by atoms with Crippen molar-refractivity contribution in [2.75, 3.05) is 25.1 Å². The van der Waals surface area contributed by atoms with E-state index in [0.717, 1.165) is 11.3 Å². The summed E-state index contributed by atoms with van der Waals surface area (Å²) in [5.41, 5.74) is 8.99. The van der Waals surface area contributed by atoms with Crippen LogP contribution in [-0.2, 0) is 13.6 Å². The quantitative estimate of drug-likeness (QED) is 0.824. The second-order valence-corrected chi connectivity index (χ2v) is 4.88.